The minimum atomic E-state index is -4.51. The molecule has 4 rings (SSSR count). The summed E-state index contributed by atoms with van der Waals surface area (Å²) in [7, 11) is 15.6. The van der Waals surface area contributed by atoms with Crippen molar-refractivity contribution in [1.82, 2.24) is 0 Å². The predicted octanol–water partition coefficient (Wildman–Crippen LogP) is 7.90. The monoisotopic (exact) mass is 474 g/mol. The fraction of sp³-hybridized carbons (Fsp3) is 0.292. The maximum atomic E-state index is 7.82. The first-order chi connectivity index (χ1) is 12.7. The fourth-order valence-corrected chi connectivity index (χ4v) is 23.8. The Morgan fingerprint density at radius 1 is 0.704 bits per heavy atom. The molecule has 0 spiro atoms. The van der Waals surface area contributed by atoms with Gasteiger partial charge in [0, 0.05) is 0 Å². The van der Waals surface area contributed by atoms with E-state index in [0.29, 0.717) is 0 Å². The Morgan fingerprint density at radius 2 is 1.07 bits per heavy atom. The van der Waals surface area contributed by atoms with Crippen molar-refractivity contribution in [2.45, 2.75) is 41.9 Å². The molecular weight excluding hydrogens is 450 g/mol. The Kier molecular flexibility index (Phi) is 4.62. The molecule has 2 aliphatic carbocycles. The Bertz CT molecular complexity index is 1020. The Balaban J connectivity index is 2.05. The molecule has 0 saturated heterocycles. The van der Waals surface area contributed by atoms with E-state index in [1.165, 1.54) is 44.5 Å². The molecule has 2 aromatic carbocycles. The van der Waals surface area contributed by atoms with Crippen LogP contribution in [0.3, 0.4) is 0 Å². The summed E-state index contributed by atoms with van der Waals surface area (Å²) in [5.41, 5.74) is 10.6. The molecule has 2 aliphatic rings. The van der Waals surface area contributed by atoms with Gasteiger partial charge in [-0.1, -0.05) is 0 Å². The zero-order valence-corrected chi connectivity index (χ0v) is 20.6. The molecule has 27 heavy (non-hydrogen) atoms. The minimum absolute atomic E-state index is 0.120. The van der Waals surface area contributed by atoms with E-state index in [-0.39, 0.29) is 7.25 Å². The second-order valence-electron chi connectivity index (χ2n) is 8.17. The molecule has 0 aliphatic heterocycles. The van der Waals surface area contributed by atoms with Crippen LogP contribution >= 0.6 is 17.0 Å². The van der Waals surface area contributed by atoms with Gasteiger partial charge >= 0.3 is 172 Å². The summed E-state index contributed by atoms with van der Waals surface area (Å²) in [6.07, 6.45) is 0. The molecule has 0 N–H and O–H groups in total. The van der Waals surface area contributed by atoms with Gasteiger partial charge < -0.3 is 0 Å². The first kappa shape index (κ1) is 19.6. The van der Waals surface area contributed by atoms with E-state index in [2.05, 4.69) is 86.9 Å². The number of rotatable bonds is 2. The van der Waals surface area contributed by atoms with E-state index in [9.17, 15) is 0 Å². The zero-order chi connectivity index (χ0) is 19.6. The van der Waals surface area contributed by atoms with Gasteiger partial charge in [0.15, 0.2) is 0 Å². The third-order valence-corrected chi connectivity index (χ3v) is 26.6. The molecule has 0 nitrogen and oxygen atoms in total. The maximum absolute atomic E-state index is 7.82. The van der Waals surface area contributed by atoms with Crippen LogP contribution in [0.15, 0.2) is 59.7 Å². The number of hydrogen-bond acceptors (Lipinski definition) is 0. The molecule has 0 bridgehead atoms. The van der Waals surface area contributed by atoms with Crippen molar-refractivity contribution in [2.24, 2.45) is 0 Å². The summed E-state index contributed by atoms with van der Waals surface area (Å²) in [4.78, 5) is 0. The van der Waals surface area contributed by atoms with Gasteiger partial charge in [0.1, 0.15) is 0 Å². The number of benzene rings is 2. The van der Waals surface area contributed by atoms with Gasteiger partial charge in [0.05, 0.1) is 0 Å². The van der Waals surface area contributed by atoms with E-state index < -0.39 is 15.9 Å². The normalized spacial score (nSPS) is 22.2. The summed E-state index contributed by atoms with van der Waals surface area (Å²) in [5, 5.41) is 0. The SMILES string of the molecule is C[CH]=[Zr]([Cl])([Cl])([CH]1C(C)=C(C)c2ccccc21)[CH]1C(C)=C(C)c2ccccc21. The Morgan fingerprint density at radius 3 is 1.44 bits per heavy atom. The van der Waals surface area contributed by atoms with Gasteiger partial charge in [-0.2, -0.15) is 0 Å². The van der Waals surface area contributed by atoms with Gasteiger partial charge in [-0.15, -0.1) is 0 Å². The van der Waals surface area contributed by atoms with Crippen LogP contribution in [0.1, 0.15) is 64.1 Å². The number of hydrogen-bond donors (Lipinski definition) is 0. The van der Waals surface area contributed by atoms with Gasteiger partial charge in [0.2, 0.25) is 0 Å². The van der Waals surface area contributed by atoms with Gasteiger partial charge in [-0.05, 0) is 0 Å². The third-order valence-electron chi connectivity index (χ3n) is 7.06. The Hall–Kier alpha value is -0.747. The van der Waals surface area contributed by atoms with E-state index >= 15 is 0 Å². The van der Waals surface area contributed by atoms with Crippen LogP contribution in [0.25, 0.3) is 11.1 Å². The van der Waals surface area contributed by atoms with Crippen molar-refractivity contribution in [3.63, 3.8) is 0 Å². The molecule has 0 radical (unpaired) electrons. The topological polar surface area (TPSA) is 0 Å². The molecule has 0 fully saturated rings. The standard InChI is InChI=1S/2C11H11.C2H4.2ClH.Zr/c2*1-8-7-10-5-3-4-6-11(10)9(8)2;1-2;;;/h2*3-7H,1-2H3;1H,2H3;2*1H;/q;;;;;+2/p-2. The molecule has 0 saturated carbocycles. The van der Waals surface area contributed by atoms with Crippen molar-refractivity contribution in [2.75, 3.05) is 0 Å². The third kappa shape index (κ3) is 2.54. The van der Waals surface area contributed by atoms with Crippen molar-refractivity contribution in [3.05, 3.63) is 81.9 Å². The molecule has 0 aromatic heterocycles. The Labute approximate surface area is 170 Å². The van der Waals surface area contributed by atoms with Gasteiger partial charge in [-0.3, -0.25) is 0 Å². The van der Waals surface area contributed by atoms with Gasteiger partial charge in [0.25, 0.3) is 0 Å². The van der Waals surface area contributed by atoms with Gasteiger partial charge in [-0.25, -0.2) is 0 Å². The summed E-state index contributed by atoms with van der Waals surface area (Å²) >= 11 is -4.51. The quantitative estimate of drug-likeness (QED) is 0.413. The summed E-state index contributed by atoms with van der Waals surface area (Å²) in [6.45, 7) is 11.0. The molecular formula is C24H26Cl2Zr. The number of allylic oxidation sites excluding steroid dienone is 4. The molecule has 2 atom stereocenters. The van der Waals surface area contributed by atoms with Crippen molar-refractivity contribution < 1.29 is 15.9 Å². The number of halogens is 2. The first-order valence-electron chi connectivity index (χ1n) is 9.63. The van der Waals surface area contributed by atoms with Crippen molar-refractivity contribution in [1.29, 1.82) is 0 Å². The predicted molar refractivity (Wildman–Crippen MR) is 118 cm³/mol. The van der Waals surface area contributed by atoms with Crippen LogP contribution < -0.4 is 0 Å². The summed E-state index contributed by atoms with van der Waals surface area (Å²) in [6, 6.07) is 17.3. The van der Waals surface area contributed by atoms with Crippen molar-refractivity contribution in [3.8, 4) is 0 Å². The average molecular weight is 477 g/mol. The zero-order valence-electron chi connectivity index (χ0n) is 16.6. The number of fused-ring (bicyclic) bond motifs is 2. The van der Waals surface area contributed by atoms with Crippen LogP contribution in [0, 0.1) is 0 Å². The molecule has 3 heteroatoms. The summed E-state index contributed by atoms with van der Waals surface area (Å²) in [5.74, 6) is 0. The van der Waals surface area contributed by atoms with E-state index in [0.717, 1.165) is 0 Å². The molecule has 2 unspecified atom stereocenters. The molecule has 140 valence electrons. The molecule has 0 heterocycles. The molecule has 2 aromatic rings. The fourth-order valence-electron chi connectivity index (χ4n) is 5.43. The molecule has 0 amide bonds. The van der Waals surface area contributed by atoms with E-state index in [1.807, 2.05) is 0 Å². The second kappa shape index (κ2) is 6.38. The second-order valence-corrected chi connectivity index (χ2v) is 29.6. The van der Waals surface area contributed by atoms with Crippen LogP contribution in [0.4, 0.5) is 0 Å². The first-order valence-corrected chi connectivity index (χ1v) is 20.2. The van der Waals surface area contributed by atoms with Crippen LogP contribution in [-0.2, 0) is 15.9 Å². The van der Waals surface area contributed by atoms with Crippen LogP contribution in [0.2, 0.25) is 0 Å². The van der Waals surface area contributed by atoms with Crippen LogP contribution in [-0.4, -0.2) is 3.71 Å². The van der Waals surface area contributed by atoms with Crippen molar-refractivity contribution >= 4 is 31.9 Å². The summed E-state index contributed by atoms with van der Waals surface area (Å²) < 4.78 is 2.47. The van der Waals surface area contributed by atoms with E-state index in [1.54, 1.807) is 0 Å². The average Bonchev–Trinajstić information content (AvgIpc) is 3.08. The van der Waals surface area contributed by atoms with E-state index in [4.69, 9.17) is 17.0 Å². The van der Waals surface area contributed by atoms with Crippen LogP contribution in [0.5, 0.6) is 0 Å².